The van der Waals surface area contributed by atoms with Crippen LogP contribution in [0.1, 0.15) is 11.3 Å². The summed E-state index contributed by atoms with van der Waals surface area (Å²) >= 11 is 3.32. The van der Waals surface area contributed by atoms with Crippen LogP contribution in [-0.4, -0.2) is 29.5 Å². The fraction of sp³-hybridized carbons (Fsp3) is 0.0870. The zero-order valence-corrected chi connectivity index (χ0v) is 18.3. The lowest BCUT2D eigenvalue weighted by molar-refractivity contribution is -0.122. The molecular weight excluding hydrogens is 462 g/mol. The third-order valence-electron chi connectivity index (χ3n) is 4.88. The molecule has 156 valence electrons. The van der Waals surface area contributed by atoms with E-state index in [9.17, 15) is 14.4 Å². The van der Waals surface area contributed by atoms with Gasteiger partial charge in [-0.1, -0.05) is 15.9 Å². The van der Waals surface area contributed by atoms with Gasteiger partial charge in [0.15, 0.2) is 0 Å². The molecule has 1 N–H and O–H groups in total. The Labute approximate surface area is 187 Å². The van der Waals surface area contributed by atoms with Crippen molar-refractivity contribution in [1.82, 2.24) is 9.88 Å². The lowest BCUT2D eigenvalue weighted by Crippen LogP contribution is -2.54. The number of imide groups is 2. The highest BCUT2D eigenvalue weighted by molar-refractivity contribution is 9.10. The Balaban J connectivity index is 1.68. The van der Waals surface area contributed by atoms with Crippen molar-refractivity contribution in [3.8, 4) is 11.4 Å². The Bertz CT molecular complexity index is 1210. The van der Waals surface area contributed by atoms with Gasteiger partial charge in [-0.25, -0.2) is 9.69 Å². The number of nitrogens with one attached hydrogen (secondary N) is 1. The number of nitrogens with zero attached hydrogens (tertiary/aromatic N) is 2. The number of carbonyl (C=O) groups is 3. The van der Waals surface area contributed by atoms with Gasteiger partial charge in [-0.15, -0.1) is 0 Å². The van der Waals surface area contributed by atoms with Gasteiger partial charge >= 0.3 is 6.03 Å². The first-order valence-corrected chi connectivity index (χ1v) is 10.2. The van der Waals surface area contributed by atoms with Crippen molar-refractivity contribution in [3.05, 3.63) is 82.1 Å². The molecule has 4 rings (SSSR count). The number of benzene rings is 2. The van der Waals surface area contributed by atoms with Crippen molar-refractivity contribution >= 4 is 45.5 Å². The number of halogens is 1. The van der Waals surface area contributed by atoms with Crippen molar-refractivity contribution in [2.24, 2.45) is 0 Å². The van der Waals surface area contributed by atoms with Crippen LogP contribution in [0.5, 0.6) is 5.75 Å². The molecule has 1 fully saturated rings. The largest absolute Gasteiger partial charge is 0.497 e. The molecule has 1 aliphatic heterocycles. The third-order valence-corrected chi connectivity index (χ3v) is 5.41. The number of rotatable bonds is 4. The van der Waals surface area contributed by atoms with Crippen molar-refractivity contribution in [2.45, 2.75) is 6.92 Å². The highest BCUT2D eigenvalue weighted by Gasteiger charge is 2.36. The summed E-state index contributed by atoms with van der Waals surface area (Å²) in [5, 5.41) is 2.24. The van der Waals surface area contributed by atoms with Gasteiger partial charge in [-0.05, 0) is 73.2 Å². The Morgan fingerprint density at radius 3 is 2.26 bits per heavy atom. The second kappa shape index (κ2) is 8.23. The van der Waals surface area contributed by atoms with Crippen LogP contribution in [0.15, 0.2) is 70.8 Å². The summed E-state index contributed by atoms with van der Waals surface area (Å²) in [5.41, 5.74) is 2.75. The van der Waals surface area contributed by atoms with Crippen LogP contribution in [0.3, 0.4) is 0 Å². The molecular formula is C23H18BrN3O4. The Morgan fingerprint density at radius 2 is 1.61 bits per heavy atom. The molecule has 2 heterocycles. The second-order valence-electron chi connectivity index (χ2n) is 6.92. The first-order valence-electron chi connectivity index (χ1n) is 9.38. The minimum Gasteiger partial charge on any atom is -0.497 e. The first kappa shape index (κ1) is 20.6. The van der Waals surface area contributed by atoms with Crippen molar-refractivity contribution in [1.29, 1.82) is 0 Å². The third kappa shape index (κ3) is 4.02. The number of aromatic nitrogens is 1. The fourth-order valence-corrected chi connectivity index (χ4v) is 3.61. The van der Waals surface area contributed by atoms with E-state index in [2.05, 4.69) is 21.2 Å². The van der Waals surface area contributed by atoms with E-state index in [1.54, 1.807) is 31.4 Å². The summed E-state index contributed by atoms with van der Waals surface area (Å²) < 4.78 is 7.94. The van der Waals surface area contributed by atoms with Gasteiger partial charge < -0.3 is 9.30 Å². The summed E-state index contributed by atoms with van der Waals surface area (Å²) in [6.45, 7) is 1.92. The van der Waals surface area contributed by atoms with E-state index in [4.69, 9.17) is 4.74 Å². The average Bonchev–Trinajstić information content (AvgIpc) is 3.12. The molecule has 3 aromatic rings. The van der Waals surface area contributed by atoms with E-state index >= 15 is 0 Å². The Morgan fingerprint density at radius 1 is 0.968 bits per heavy atom. The number of methoxy groups -OCH3 is 1. The number of carbonyl (C=O) groups excluding carboxylic acids is 3. The molecule has 0 radical (unpaired) electrons. The summed E-state index contributed by atoms with van der Waals surface area (Å²) in [6, 6.07) is 15.3. The highest BCUT2D eigenvalue weighted by atomic mass is 79.9. The van der Waals surface area contributed by atoms with Crippen LogP contribution >= 0.6 is 15.9 Å². The monoisotopic (exact) mass is 479 g/mol. The van der Waals surface area contributed by atoms with E-state index < -0.39 is 17.8 Å². The van der Waals surface area contributed by atoms with Crippen molar-refractivity contribution in [3.63, 3.8) is 0 Å². The van der Waals surface area contributed by atoms with Gasteiger partial charge in [0, 0.05) is 22.1 Å². The number of ether oxygens (including phenoxy) is 1. The van der Waals surface area contributed by atoms with Crippen molar-refractivity contribution < 1.29 is 19.1 Å². The van der Waals surface area contributed by atoms with Gasteiger partial charge in [0.25, 0.3) is 11.8 Å². The zero-order chi connectivity index (χ0) is 22.1. The van der Waals surface area contributed by atoms with Crippen molar-refractivity contribution in [2.75, 3.05) is 12.0 Å². The maximum absolute atomic E-state index is 13.0. The van der Waals surface area contributed by atoms with E-state index in [0.29, 0.717) is 11.3 Å². The van der Waals surface area contributed by atoms with Crippen LogP contribution in [-0.2, 0) is 9.59 Å². The molecule has 0 saturated carbocycles. The second-order valence-corrected chi connectivity index (χ2v) is 7.83. The van der Waals surface area contributed by atoms with E-state index in [1.807, 2.05) is 48.0 Å². The summed E-state index contributed by atoms with van der Waals surface area (Å²) in [7, 11) is 1.61. The molecule has 0 atom stereocenters. The lowest BCUT2D eigenvalue weighted by Gasteiger charge is -2.26. The molecule has 7 nitrogen and oxygen atoms in total. The number of hydrogen-bond acceptors (Lipinski definition) is 4. The molecule has 31 heavy (non-hydrogen) atoms. The van der Waals surface area contributed by atoms with Crippen LogP contribution in [0.4, 0.5) is 10.5 Å². The molecule has 0 unspecified atom stereocenters. The van der Waals surface area contributed by atoms with Crippen LogP contribution < -0.4 is 15.0 Å². The van der Waals surface area contributed by atoms with E-state index in [0.717, 1.165) is 26.5 Å². The predicted octanol–water partition coefficient (Wildman–Crippen LogP) is 4.22. The lowest BCUT2D eigenvalue weighted by atomic mass is 10.1. The molecule has 4 amide bonds. The molecule has 8 heteroatoms. The molecule has 0 aliphatic carbocycles. The number of urea groups is 1. The molecule has 1 aromatic heterocycles. The molecule has 0 bridgehead atoms. The van der Waals surface area contributed by atoms with Crippen LogP contribution in [0.2, 0.25) is 0 Å². The summed E-state index contributed by atoms with van der Waals surface area (Å²) in [4.78, 5) is 38.7. The van der Waals surface area contributed by atoms with Gasteiger partial charge in [0.2, 0.25) is 0 Å². The van der Waals surface area contributed by atoms with Gasteiger partial charge in [0.05, 0.1) is 12.8 Å². The van der Waals surface area contributed by atoms with Gasteiger partial charge in [-0.3, -0.25) is 14.9 Å². The maximum Gasteiger partial charge on any atom is 0.335 e. The standard InChI is InChI=1S/C23H18BrN3O4/c1-14-11-15(13-26(14)17-7-9-19(31-2)10-8-17)12-20-21(28)25-23(30)27(22(20)29)18-5-3-16(24)4-6-18/h3-13H,1-2H3,(H,25,28,30)/b20-12-. The molecule has 2 aromatic carbocycles. The number of barbiturate groups is 1. The van der Waals surface area contributed by atoms with E-state index in [1.165, 1.54) is 6.08 Å². The number of hydrogen-bond donors (Lipinski definition) is 1. The zero-order valence-electron chi connectivity index (χ0n) is 16.8. The minimum atomic E-state index is -0.776. The summed E-state index contributed by atoms with van der Waals surface area (Å²) in [5.74, 6) is -0.651. The highest BCUT2D eigenvalue weighted by Crippen LogP contribution is 2.25. The first-order chi connectivity index (χ1) is 14.9. The SMILES string of the molecule is COc1ccc(-n2cc(/C=C3/C(=O)NC(=O)N(c4ccc(Br)cc4)C3=O)cc2C)cc1. The van der Waals surface area contributed by atoms with Crippen LogP contribution in [0.25, 0.3) is 11.8 Å². The average molecular weight is 480 g/mol. The van der Waals surface area contributed by atoms with E-state index in [-0.39, 0.29) is 5.57 Å². The molecule has 1 aliphatic rings. The van der Waals surface area contributed by atoms with Crippen LogP contribution in [0, 0.1) is 6.92 Å². The topological polar surface area (TPSA) is 80.6 Å². The quantitative estimate of drug-likeness (QED) is 0.448. The maximum atomic E-state index is 13.0. The predicted molar refractivity (Wildman–Crippen MR) is 120 cm³/mol. The normalized spacial score (nSPS) is 15.4. The number of aryl methyl sites for hydroxylation is 1. The minimum absolute atomic E-state index is 0.116. The Kier molecular flexibility index (Phi) is 5.48. The molecule has 1 saturated heterocycles. The molecule has 0 spiro atoms. The fourth-order valence-electron chi connectivity index (χ4n) is 3.35. The Hall–Kier alpha value is -3.65. The summed E-state index contributed by atoms with van der Waals surface area (Å²) in [6.07, 6.45) is 3.31. The number of amides is 4. The smallest absolute Gasteiger partial charge is 0.335 e. The van der Waals surface area contributed by atoms with Gasteiger partial charge in [-0.2, -0.15) is 0 Å². The van der Waals surface area contributed by atoms with Gasteiger partial charge in [0.1, 0.15) is 11.3 Å². The number of anilines is 1.